The summed E-state index contributed by atoms with van der Waals surface area (Å²) < 4.78 is 10.1. The van der Waals surface area contributed by atoms with Crippen LogP contribution in [0.2, 0.25) is 0 Å². The standard InChI is InChI=1S/C21H23N5O4/c1-13(12-27)23-21-25-17(14-6-8-22-9-7-14)11-19(26-21)24-15-4-5-16(20(28)30-3)18(10-15)29-2/h4-11,13,27H,12H2,1-3H3,(H2,23,24,25,26)/t13-/m1/s1. The van der Waals surface area contributed by atoms with Crippen molar-refractivity contribution >= 4 is 23.4 Å². The van der Waals surface area contributed by atoms with Crippen LogP contribution in [0.1, 0.15) is 17.3 Å². The number of nitrogens with zero attached hydrogens (tertiary/aromatic N) is 3. The summed E-state index contributed by atoms with van der Waals surface area (Å²) in [5.74, 6) is 0.788. The summed E-state index contributed by atoms with van der Waals surface area (Å²) in [5, 5.41) is 15.6. The highest BCUT2D eigenvalue weighted by atomic mass is 16.5. The van der Waals surface area contributed by atoms with Gasteiger partial charge in [-0.1, -0.05) is 0 Å². The summed E-state index contributed by atoms with van der Waals surface area (Å²) in [5.41, 5.74) is 2.54. The summed E-state index contributed by atoms with van der Waals surface area (Å²) in [4.78, 5) is 24.9. The SMILES string of the molecule is COC(=O)c1ccc(Nc2cc(-c3ccncc3)nc(N[C@H](C)CO)n2)cc1OC. The van der Waals surface area contributed by atoms with Crippen LogP contribution in [0.4, 0.5) is 17.5 Å². The minimum Gasteiger partial charge on any atom is -0.496 e. The van der Waals surface area contributed by atoms with Gasteiger partial charge in [-0.3, -0.25) is 4.98 Å². The number of carbonyl (C=O) groups is 1. The van der Waals surface area contributed by atoms with E-state index < -0.39 is 5.97 Å². The molecule has 2 heterocycles. The Labute approximate surface area is 174 Å². The Bertz CT molecular complexity index is 1010. The summed E-state index contributed by atoms with van der Waals surface area (Å²) in [6.07, 6.45) is 3.37. The van der Waals surface area contributed by atoms with Crippen molar-refractivity contribution in [1.82, 2.24) is 15.0 Å². The first-order valence-electron chi connectivity index (χ1n) is 9.24. The molecule has 0 saturated carbocycles. The maximum absolute atomic E-state index is 11.9. The van der Waals surface area contributed by atoms with Gasteiger partial charge in [-0.2, -0.15) is 4.98 Å². The largest absolute Gasteiger partial charge is 0.496 e. The molecule has 30 heavy (non-hydrogen) atoms. The van der Waals surface area contributed by atoms with E-state index in [1.54, 1.807) is 36.7 Å². The molecule has 3 aromatic rings. The number of benzene rings is 1. The van der Waals surface area contributed by atoms with Gasteiger partial charge in [0.25, 0.3) is 0 Å². The van der Waals surface area contributed by atoms with E-state index in [1.807, 2.05) is 19.1 Å². The molecule has 0 aliphatic carbocycles. The topological polar surface area (TPSA) is 118 Å². The highest BCUT2D eigenvalue weighted by Crippen LogP contribution is 2.28. The Morgan fingerprint density at radius 3 is 2.57 bits per heavy atom. The third-order valence-corrected chi connectivity index (χ3v) is 4.23. The van der Waals surface area contributed by atoms with Gasteiger partial charge in [-0.15, -0.1) is 0 Å². The smallest absolute Gasteiger partial charge is 0.341 e. The van der Waals surface area contributed by atoms with Crippen molar-refractivity contribution in [2.24, 2.45) is 0 Å². The van der Waals surface area contributed by atoms with E-state index in [9.17, 15) is 9.90 Å². The van der Waals surface area contributed by atoms with Gasteiger partial charge in [0.2, 0.25) is 5.95 Å². The molecule has 0 aliphatic heterocycles. The lowest BCUT2D eigenvalue weighted by Crippen LogP contribution is -2.21. The number of anilines is 3. The Morgan fingerprint density at radius 1 is 1.13 bits per heavy atom. The van der Waals surface area contributed by atoms with E-state index in [2.05, 4.69) is 25.6 Å². The van der Waals surface area contributed by atoms with Crippen molar-refractivity contribution in [1.29, 1.82) is 0 Å². The number of pyridine rings is 1. The van der Waals surface area contributed by atoms with E-state index in [-0.39, 0.29) is 12.6 Å². The van der Waals surface area contributed by atoms with Crippen LogP contribution in [0.15, 0.2) is 48.8 Å². The maximum atomic E-state index is 11.9. The number of hydrogen-bond donors (Lipinski definition) is 3. The molecule has 0 amide bonds. The summed E-state index contributed by atoms with van der Waals surface area (Å²) in [6.45, 7) is 1.77. The van der Waals surface area contributed by atoms with Crippen molar-refractivity contribution in [2.75, 3.05) is 31.5 Å². The van der Waals surface area contributed by atoms with Gasteiger partial charge in [0.15, 0.2) is 0 Å². The molecule has 9 heteroatoms. The second kappa shape index (κ2) is 9.66. The number of rotatable bonds is 8. The zero-order valence-corrected chi connectivity index (χ0v) is 16.9. The number of carbonyl (C=O) groups excluding carboxylic acids is 1. The molecule has 0 radical (unpaired) electrons. The monoisotopic (exact) mass is 409 g/mol. The third-order valence-electron chi connectivity index (χ3n) is 4.23. The number of hydrogen-bond acceptors (Lipinski definition) is 9. The summed E-state index contributed by atoms with van der Waals surface area (Å²) in [6, 6.07) is 10.3. The average Bonchev–Trinajstić information content (AvgIpc) is 2.78. The molecule has 9 nitrogen and oxygen atoms in total. The van der Waals surface area contributed by atoms with Crippen molar-refractivity contribution in [3.8, 4) is 17.0 Å². The molecule has 0 spiro atoms. The molecular formula is C21H23N5O4. The third kappa shape index (κ3) is 5.00. The van der Waals surface area contributed by atoms with Gasteiger partial charge < -0.3 is 25.2 Å². The normalized spacial score (nSPS) is 11.5. The van der Waals surface area contributed by atoms with Gasteiger partial charge in [0.05, 0.1) is 26.5 Å². The predicted octanol–water partition coefficient (Wildman–Crippen LogP) is 2.87. The fourth-order valence-corrected chi connectivity index (χ4v) is 2.71. The van der Waals surface area contributed by atoms with Crippen molar-refractivity contribution in [2.45, 2.75) is 13.0 Å². The number of ether oxygens (including phenoxy) is 2. The summed E-state index contributed by atoms with van der Waals surface area (Å²) >= 11 is 0. The van der Waals surface area contributed by atoms with Crippen LogP contribution in [0.25, 0.3) is 11.3 Å². The number of esters is 1. The number of nitrogens with one attached hydrogen (secondary N) is 2. The van der Waals surface area contributed by atoms with Crippen molar-refractivity contribution in [3.05, 3.63) is 54.4 Å². The summed E-state index contributed by atoms with van der Waals surface area (Å²) in [7, 11) is 2.80. The molecule has 1 aromatic carbocycles. The van der Waals surface area contributed by atoms with E-state index in [4.69, 9.17) is 9.47 Å². The fraction of sp³-hybridized carbons (Fsp3) is 0.238. The number of aromatic nitrogens is 3. The molecule has 156 valence electrons. The van der Waals surface area contributed by atoms with E-state index in [1.165, 1.54) is 14.2 Å². The fourth-order valence-electron chi connectivity index (χ4n) is 2.71. The first kappa shape index (κ1) is 21.0. The Morgan fingerprint density at radius 2 is 1.90 bits per heavy atom. The van der Waals surface area contributed by atoms with Crippen LogP contribution >= 0.6 is 0 Å². The van der Waals surface area contributed by atoms with Gasteiger partial charge in [0, 0.05) is 41.8 Å². The molecule has 1 atom stereocenters. The van der Waals surface area contributed by atoms with Gasteiger partial charge in [-0.25, -0.2) is 9.78 Å². The van der Waals surface area contributed by atoms with Crippen LogP contribution in [0.5, 0.6) is 5.75 Å². The highest BCUT2D eigenvalue weighted by Gasteiger charge is 2.14. The molecule has 0 aliphatic rings. The first-order chi connectivity index (χ1) is 14.5. The average molecular weight is 409 g/mol. The van der Waals surface area contributed by atoms with E-state index in [0.29, 0.717) is 34.5 Å². The van der Waals surface area contributed by atoms with Gasteiger partial charge in [-0.05, 0) is 31.2 Å². The van der Waals surface area contributed by atoms with Crippen molar-refractivity contribution < 1.29 is 19.4 Å². The Balaban J connectivity index is 1.96. The zero-order chi connectivity index (χ0) is 21.5. The van der Waals surface area contributed by atoms with E-state index in [0.717, 1.165) is 5.56 Å². The lowest BCUT2D eigenvalue weighted by Gasteiger charge is -2.15. The maximum Gasteiger partial charge on any atom is 0.341 e. The quantitative estimate of drug-likeness (QED) is 0.483. The zero-order valence-electron chi connectivity index (χ0n) is 16.9. The first-order valence-corrected chi connectivity index (χ1v) is 9.24. The lowest BCUT2D eigenvalue weighted by molar-refractivity contribution is 0.0597. The second-order valence-corrected chi connectivity index (χ2v) is 6.46. The molecule has 2 aromatic heterocycles. The molecule has 0 saturated heterocycles. The molecule has 0 bridgehead atoms. The lowest BCUT2D eigenvalue weighted by atomic mass is 10.1. The number of methoxy groups -OCH3 is 2. The van der Waals surface area contributed by atoms with Crippen LogP contribution in [0, 0.1) is 0 Å². The molecule has 3 N–H and O–H groups in total. The molecular weight excluding hydrogens is 386 g/mol. The minimum atomic E-state index is -0.482. The molecule has 0 fully saturated rings. The Kier molecular flexibility index (Phi) is 6.76. The minimum absolute atomic E-state index is 0.0577. The Hall–Kier alpha value is -3.72. The second-order valence-electron chi connectivity index (χ2n) is 6.46. The number of aliphatic hydroxyl groups excluding tert-OH is 1. The van der Waals surface area contributed by atoms with Crippen LogP contribution in [0.3, 0.4) is 0 Å². The van der Waals surface area contributed by atoms with E-state index >= 15 is 0 Å². The van der Waals surface area contributed by atoms with Gasteiger partial charge >= 0.3 is 5.97 Å². The highest BCUT2D eigenvalue weighted by molar-refractivity contribution is 5.93. The number of aliphatic hydroxyl groups is 1. The van der Waals surface area contributed by atoms with Crippen LogP contribution in [-0.2, 0) is 4.74 Å². The van der Waals surface area contributed by atoms with Gasteiger partial charge in [0.1, 0.15) is 17.1 Å². The van der Waals surface area contributed by atoms with Crippen LogP contribution in [-0.4, -0.2) is 52.9 Å². The van der Waals surface area contributed by atoms with Crippen LogP contribution < -0.4 is 15.4 Å². The van der Waals surface area contributed by atoms with Crippen molar-refractivity contribution in [3.63, 3.8) is 0 Å². The molecule has 0 unspecified atom stereocenters. The predicted molar refractivity (Wildman–Crippen MR) is 113 cm³/mol. The molecule has 3 rings (SSSR count).